The van der Waals surface area contributed by atoms with Gasteiger partial charge >= 0.3 is 0 Å². The molecule has 0 radical (unpaired) electrons. The van der Waals surface area contributed by atoms with Crippen LogP contribution in [-0.4, -0.2) is 50.0 Å². The summed E-state index contributed by atoms with van der Waals surface area (Å²) in [6, 6.07) is 9.24. The van der Waals surface area contributed by atoms with Crippen molar-refractivity contribution in [3.05, 3.63) is 34.3 Å². The van der Waals surface area contributed by atoms with E-state index in [0.29, 0.717) is 12.1 Å². The second-order valence-electron chi connectivity index (χ2n) is 6.64. The monoisotopic (exact) mass is 381 g/mol. The molecule has 1 heterocycles. The van der Waals surface area contributed by atoms with E-state index in [2.05, 4.69) is 45.1 Å². The van der Waals surface area contributed by atoms with Crippen LogP contribution in [0.5, 0.6) is 0 Å². The van der Waals surface area contributed by atoms with Gasteiger partial charge in [0.15, 0.2) is 0 Å². The Hall–Kier alpha value is -0.420. The van der Waals surface area contributed by atoms with E-state index in [1.54, 1.807) is 0 Å². The Morgan fingerprint density at radius 2 is 1.83 bits per heavy atom. The Labute approximate surface area is 148 Å². The maximum absolute atomic E-state index is 6.30. The average Bonchev–Trinajstić information content (AvgIpc) is 2.61. The molecule has 1 aromatic carbocycles. The van der Waals surface area contributed by atoms with Crippen LogP contribution in [0.4, 0.5) is 0 Å². The van der Waals surface area contributed by atoms with E-state index in [1.165, 1.54) is 31.2 Å². The lowest BCUT2D eigenvalue weighted by molar-refractivity contribution is -0.0657. The van der Waals surface area contributed by atoms with Gasteiger partial charge in [-0.15, -0.1) is 0 Å². The first kappa shape index (κ1) is 17.4. The second-order valence-corrected chi connectivity index (χ2v) is 7.56. The molecule has 0 N–H and O–H groups in total. The number of halogens is 1. The van der Waals surface area contributed by atoms with Gasteiger partial charge < -0.3 is 9.47 Å². The number of rotatable bonds is 6. The highest BCUT2D eigenvalue weighted by molar-refractivity contribution is 9.10. The first-order valence-electron chi connectivity index (χ1n) is 9.01. The molecule has 0 amide bonds. The van der Waals surface area contributed by atoms with Gasteiger partial charge in [0.2, 0.25) is 0 Å². The number of aryl methyl sites for hydroxylation is 1. The zero-order valence-corrected chi connectivity index (χ0v) is 15.5. The van der Waals surface area contributed by atoms with Crippen LogP contribution in [-0.2, 0) is 15.9 Å². The van der Waals surface area contributed by atoms with Crippen molar-refractivity contribution in [2.75, 3.05) is 32.9 Å². The van der Waals surface area contributed by atoms with E-state index < -0.39 is 0 Å². The van der Waals surface area contributed by atoms with Crippen LogP contribution in [0.1, 0.15) is 37.7 Å². The highest BCUT2D eigenvalue weighted by atomic mass is 79.9. The standard InChI is InChI=1S/C19H28BrNO2/c20-17-9-7-16(8-10-17)4-3-13-23-19-6-2-1-5-18(19)21-11-14-22-15-12-21/h7-10,18-19H,1-6,11-15H2/t18?,19-/m0/s1. The van der Waals surface area contributed by atoms with Crippen molar-refractivity contribution in [2.24, 2.45) is 0 Å². The first-order chi connectivity index (χ1) is 11.3. The van der Waals surface area contributed by atoms with Gasteiger partial charge in [0.25, 0.3) is 0 Å². The molecule has 2 aliphatic rings. The number of hydrogen-bond donors (Lipinski definition) is 0. The highest BCUT2D eigenvalue weighted by Crippen LogP contribution is 2.26. The molecule has 0 spiro atoms. The van der Waals surface area contributed by atoms with Crippen LogP contribution < -0.4 is 0 Å². The number of morpholine rings is 1. The normalized spacial score (nSPS) is 26.3. The van der Waals surface area contributed by atoms with Gasteiger partial charge in [-0.25, -0.2) is 0 Å². The maximum atomic E-state index is 6.30. The molecular formula is C19H28BrNO2. The van der Waals surface area contributed by atoms with E-state index in [-0.39, 0.29) is 0 Å². The Bertz CT molecular complexity index is 459. The summed E-state index contributed by atoms with van der Waals surface area (Å²) in [5.41, 5.74) is 1.39. The summed E-state index contributed by atoms with van der Waals surface area (Å²) in [4.78, 5) is 2.60. The van der Waals surface area contributed by atoms with Gasteiger partial charge in [-0.3, -0.25) is 4.90 Å². The smallest absolute Gasteiger partial charge is 0.0730 e. The van der Waals surface area contributed by atoms with E-state index in [0.717, 1.165) is 50.2 Å². The first-order valence-corrected chi connectivity index (χ1v) is 9.80. The zero-order valence-electron chi connectivity index (χ0n) is 13.9. The van der Waals surface area contributed by atoms with Crippen LogP contribution in [0.15, 0.2) is 28.7 Å². The number of ether oxygens (including phenoxy) is 2. The number of hydrogen-bond acceptors (Lipinski definition) is 3. The molecule has 3 rings (SSSR count). The summed E-state index contributed by atoms with van der Waals surface area (Å²) < 4.78 is 12.9. The molecule has 3 nitrogen and oxygen atoms in total. The SMILES string of the molecule is Brc1ccc(CCCO[C@H]2CCCCC2N2CCOCC2)cc1. The van der Waals surface area contributed by atoms with Crippen LogP contribution in [0.3, 0.4) is 0 Å². The van der Waals surface area contributed by atoms with Crippen molar-refractivity contribution in [3.63, 3.8) is 0 Å². The zero-order chi connectivity index (χ0) is 15.9. The second kappa shape index (κ2) is 9.16. The fourth-order valence-corrected chi connectivity index (χ4v) is 4.02. The molecule has 1 unspecified atom stereocenters. The molecule has 23 heavy (non-hydrogen) atoms. The Balaban J connectivity index is 1.42. The molecule has 2 fully saturated rings. The van der Waals surface area contributed by atoms with Gasteiger partial charge in [0.05, 0.1) is 19.3 Å². The van der Waals surface area contributed by atoms with Crippen LogP contribution in [0, 0.1) is 0 Å². The summed E-state index contributed by atoms with van der Waals surface area (Å²) in [6.45, 7) is 4.79. The molecule has 1 aromatic rings. The molecule has 4 heteroatoms. The van der Waals surface area contributed by atoms with Gasteiger partial charge in [-0.1, -0.05) is 40.9 Å². The third-order valence-corrected chi connectivity index (χ3v) is 5.57. The van der Waals surface area contributed by atoms with Crippen molar-refractivity contribution in [3.8, 4) is 0 Å². The Morgan fingerprint density at radius 3 is 2.61 bits per heavy atom. The van der Waals surface area contributed by atoms with Gasteiger partial charge in [-0.2, -0.15) is 0 Å². The largest absolute Gasteiger partial charge is 0.379 e. The average molecular weight is 382 g/mol. The van der Waals surface area contributed by atoms with E-state index in [4.69, 9.17) is 9.47 Å². The molecule has 0 aromatic heterocycles. The quantitative estimate of drug-likeness (QED) is 0.693. The number of benzene rings is 1. The van der Waals surface area contributed by atoms with Gasteiger partial charge in [0.1, 0.15) is 0 Å². The van der Waals surface area contributed by atoms with E-state index in [1.807, 2.05) is 0 Å². The lowest BCUT2D eigenvalue weighted by Crippen LogP contribution is -2.51. The molecule has 1 aliphatic heterocycles. The molecule has 0 bridgehead atoms. The van der Waals surface area contributed by atoms with Crippen molar-refractivity contribution >= 4 is 15.9 Å². The van der Waals surface area contributed by atoms with Gasteiger partial charge in [0, 0.05) is 30.2 Å². The minimum absolute atomic E-state index is 0.423. The van der Waals surface area contributed by atoms with Crippen LogP contribution >= 0.6 is 15.9 Å². The Morgan fingerprint density at radius 1 is 1.09 bits per heavy atom. The fraction of sp³-hybridized carbons (Fsp3) is 0.684. The van der Waals surface area contributed by atoms with Gasteiger partial charge in [-0.05, 0) is 43.4 Å². The summed E-state index contributed by atoms with van der Waals surface area (Å²) in [6.07, 6.45) is 7.80. The van der Waals surface area contributed by atoms with Crippen molar-refractivity contribution in [1.29, 1.82) is 0 Å². The highest BCUT2D eigenvalue weighted by Gasteiger charge is 2.31. The van der Waals surface area contributed by atoms with Crippen molar-refractivity contribution in [1.82, 2.24) is 4.90 Å². The maximum Gasteiger partial charge on any atom is 0.0730 e. The summed E-state index contributed by atoms with van der Waals surface area (Å²) in [7, 11) is 0. The lowest BCUT2D eigenvalue weighted by atomic mass is 9.91. The summed E-state index contributed by atoms with van der Waals surface area (Å²) in [5, 5.41) is 0. The van der Waals surface area contributed by atoms with E-state index >= 15 is 0 Å². The molecule has 1 aliphatic carbocycles. The van der Waals surface area contributed by atoms with Crippen molar-refractivity contribution in [2.45, 2.75) is 50.7 Å². The predicted octanol–water partition coefficient (Wildman–Crippen LogP) is 4.04. The lowest BCUT2D eigenvalue weighted by Gasteiger charge is -2.41. The molecule has 1 saturated carbocycles. The fourth-order valence-electron chi connectivity index (χ4n) is 3.76. The van der Waals surface area contributed by atoms with Crippen molar-refractivity contribution < 1.29 is 9.47 Å². The summed E-state index contributed by atoms with van der Waals surface area (Å²) >= 11 is 3.49. The molecule has 2 atom stereocenters. The van der Waals surface area contributed by atoms with E-state index in [9.17, 15) is 0 Å². The molecule has 128 valence electrons. The third kappa shape index (κ3) is 5.28. The molecule has 1 saturated heterocycles. The summed E-state index contributed by atoms with van der Waals surface area (Å²) in [5.74, 6) is 0. The van der Waals surface area contributed by atoms with Crippen LogP contribution in [0.25, 0.3) is 0 Å². The van der Waals surface area contributed by atoms with Crippen LogP contribution in [0.2, 0.25) is 0 Å². The number of nitrogens with zero attached hydrogens (tertiary/aromatic N) is 1. The topological polar surface area (TPSA) is 21.7 Å². The minimum atomic E-state index is 0.423. The predicted molar refractivity (Wildman–Crippen MR) is 96.9 cm³/mol. The third-order valence-electron chi connectivity index (χ3n) is 5.04. The minimum Gasteiger partial charge on any atom is -0.379 e. The Kier molecular flexibility index (Phi) is 6.94. The molecular weight excluding hydrogens is 354 g/mol.